The zero-order chi connectivity index (χ0) is 19.6. The van der Waals surface area contributed by atoms with Gasteiger partial charge in [-0.2, -0.15) is 0 Å². The number of aromatic amines is 3. The molecule has 0 aromatic carbocycles. The van der Waals surface area contributed by atoms with Crippen molar-refractivity contribution in [2.75, 3.05) is 0 Å². The summed E-state index contributed by atoms with van der Waals surface area (Å²) in [6.45, 7) is 12.2. The molecule has 26 heavy (non-hydrogen) atoms. The van der Waals surface area contributed by atoms with Crippen LogP contribution in [0.25, 0.3) is 0 Å². The number of hydrogen-bond acceptors (Lipinski definition) is 3. The van der Waals surface area contributed by atoms with E-state index in [1.165, 1.54) is 0 Å². The van der Waals surface area contributed by atoms with Crippen LogP contribution in [-0.4, -0.2) is 30.6 Å². The predicted octanol–water partition coefficient (Wildman–Crippen LogP) is 5.26. The Hall–Kier alpha value is -0.346. The first-order valence-corrected chi connectivity index (χ1v) is 19.5. The standard InChI is InChI=1S/C16H21N6.3BrH.Ti/c1-7-13(8(2)18-17-7)16(14-9(3)19-20-10(14)4)15-11(5)21-22-12(15)6;;;;/h1-6H3,(H,17,18)(H,19,20)(H,21,22);3*1H;/q-1;;;;+4/p-3. The molecule has 3 aromatic rings. The molecule has 140 valence electrons. The van der Waals surface area contributed by atoms with Gasteiger partial charge < -0.3 is 15.3 Å². The van der Waals surface area contributed by atoms with Gasteiger partial charge in [-0.15, -0.1) is 0 Å². The van der Waals surface area contributed by atoms with Gasteiger partial charge in [0.15, 0.2) is 0 Å². The van der Waals surface area contributed by atoms with Crippen molar-refractivity contribution >= 4 is 39.5 Å². The third-order valence-electron chi connectivity index (χ3n) is 4.13. The van der Waals surface area contributed by atoms with Gasteiger partial charge in [0, 0.05) is 17.1 Å². The van der Waals surface area contributed by atoms with Gasteiger partial charge in [-0.25, -0.2) is 15.3 Å². The quantitative estimate of drug-likeness (QED) is 0.290. The van der Waals surface area contributed by atoms with Crippen molar-refractivity contribution in [2.24, 2.45) is 0 Å². The van der Waals surface area contributed by atoms with E-state index in [-0.39, 0.29) is 0 Å². The Labute approximate surface area is 178 Å². The van der Waals surface area contributed by atoms with Crippen LogP contribution in [0, 0.1) is 47.5 Å². The molecule has 10 heteroatoms. The van der Waals surface area contributed by atoms with E-state index in [1.54, 1.807) is 0 Å². The van der Waals surface area contributed by atoms with Crippen LogP contribution in [0.5, 0.6) is 0 Å². The van der Waals surface area contributed by atoms with Gasteiger partial charge >= 0.3 is 51.1 Å². The molecule has 3 rings (SSSR count). The second kappa shape index (κ2) is 9.23. The Bertz CT molecular complexity index is 712. The van der Waals surface area contributed by atoms with E-state index in [1.807, 2.05) is 41.5 Å². The first-order chi connectivity index (χ1) is 12.1. The summed E-state index contributed by atoms with van der Waals surface area (Å²) in [5, 5.41) is 22.4. The molecule has 0 saturated carbocycles. The average molecular weight is 585 g/mol. The topological polar surface area (TPSA) is 86.0 Å². The summed E-state index contributed by atoms with van der Waals surface area (Å²) in [5.74, 6) is 1.14. The first kappa shape index (κ1) is 21.9. The van der Waals surface area contributed by atoms with E-state index < -0.39 is 11.6 Å². The Kier molecular flexibility index (Phi) is 7.79. The molecule has 0 saturated heterocycles. The third-order valence-corrected chi connectivity index (χ3v) is 4.13. The molecule has 6 nitrogen and oxygen atoms in total. The SMILES string of the molecule is Cc1n[nH]c(C)c1[C-](c1c(C)n[nH]c1C)c1c(C)n[nH]c1C.[Br][Ti+]([Br])[Br]. The normalized spacial score (nSPS) is 10.5. The maximum absolute atomic E-state index is 4.37. The number of aromatic nitrogens is 6. The number of rotatable bonds is 3. The molecule has 0 aliphatic carbocycles. The molecule has 0 radical (unpaired) electrons. The summed E-state index contributed by atoms with van der Waals surface area (Å²) >= 11 is 8.92. The van der Waals surface area contributed by atoms with Crippen LogP contribution in [0.1, 0.15) is 50.9 Å². The van der Waals surface area contributed by atoms with Crippen LogP contribution >= 0.6 is 39.5 Å². The van der Waals surface area contributed by atoms with E-state index in [2.05, 4.69) is 70.1 Å². The monoisotopic (exact) mass is 582 g/mol. The molecule has 0 aliphatic heterocycles. The summed E-state index contributed by atoms with van der Waals surface area (Å²) in [5.41, 5.74) is 9.46. The average Bonchev–Trinajstić information content (AvgIpc) is 3.16. The van der Waals surface area contributed by atoms with Gasteiger partial charge in [-0.1, -0.05) is 5.92 Å². The van der Waals surface area contributed by atoms with Crippen LogP contribution in [0.2, 0.25) is 0 Å². The Morgan fingerprint density at radius 1 is 0.615 bits per heavy atom. The van der Waals surface area contributed by atoms with Crippen LogP contribution < -0.4 is 0 Å². The fraction of sp³-hybridized carbons (Fsp3) is 0.375. The van der Waals surface area contributed by atoms with Crippen molar-refractivity contribution in [3.05, 3.63) is 56.8 Å². The molecule has 3 aromatic heterocycles. The molecule has 0 bridgehead atoms. The van der Waals surface area contributed by atoms with Gasteiger partial charge in [0.1, 0.15) is 0 Å². The fourth-order valence-electron chi connectivity index (χ4n) is 3.13. The predicted molar refractivity (Wildman–Crippen MR) is 112 cm³/mol. The number of H-pyrrole nitrogens is 3. The number of halogens is 3. The first-order valence-electron chi connectivity index (χ1n) is 7.91. The molecular weight excluding hydrogens is 564 g/mol. The minimum atomic E-state index is -0.896. The Balaban J connectivity index is 0.000000552. The molecule has 3 N–H and O–H groups in total. The van der Waals surface area contributed by atoms with E-state index in [4.69, 9.17) is 0 Å². The molecule has 0 aliphatic rings. The van der Waals surface area contributed by atoms with Gasteiger partial charge in [0.05, 0.1) is 0 Å². The van der Waals surface area contributed by atoms with Crippen molar-refractivity contribution in [1.29, 1.82) is 0 Å². The fourth-order valence-corrected chi connectivity index (χ4v) is 3.13. The second-order valence-corrected chi connectivity index (χ2v) is 29.7. The molecular formula is C16H21Br3N6Ti. The Morgan fingerprint density at radius 2 is 0.846 bits per heavy atom. The van der Waals surface area contributed by atoms with E-state index in [0.29, 0.717) is 0 Å². The van der Waals surface area contributed by atoms with Crippen molar-refractivity contribution in [2.45, 2.75) is 41.5 Å². The molecule has 0 spiro atoms. The number of nitrogens with one attached hydrogen (secondary N) is 3. The van der Waals surface area contributed by atoms with Crippen LogP contribution in [-0.2, 0) is 11.6 Å². The summed E-state index contributed by atoms with van der Waals surface area (Å²) in [6, 6.07) is 0. The zero-order valence-corrected chi connectivity index (χ0v) is 21.8. The van der Waals surface area contributed by atoms with Crippen molar-refractivity contribution in [3.63, 3.8) is 0 Å². The van der Waals surface area contributed by atoms with Gasteiger partial charge in [-0.3, -0.25) is 0 Å². The molecule has 0 unspecified atom stereocenters. The molecule has 0 fully saturated rings. The van der Waals surface area contributed by atoms with E-state index >= 15 is 0 Å². The summed E-state index contributed by atoms with van der Waals surface area (Å²) in [7, 11) is 0. The second-order valence-electron chi connectivity index (χ2n) is 6.02. The van der Waals surface area contributed by atoms with Crippen LogP contribution in [0.15, 0.2) is 0 Å². The molecule has 0 amide bonds. The summed E-state index contributed by atoms with van der Waals surface area (Å²) < 4.78 is 0. The van der Waals surface area contributed by atoms with Crippen molar-refractivity contribution in [3.8, 4) is 0 Å². The maximum atomic E-state index is 4.37. The van der Waals surface area contributed by atoms with Crippen LogP contribution in [0.3, 0.4) is 0 Å². The van der Waals surface area contributed by atoms with Gasteiger partial charge in [-0.05, 0) is 75.3 Å². The van der Waals surface area contributed by atoms with Crippen molar-refractivity contribution < 1.29 is 11.6 Å². The molecule has 0 atom stereocenters. The van der Waals surface area contributed by atoms with E-state index in [0.717, 1.165) is 56.8 Å². The minimum absolute atomic E-state index is 0.896. The van der Waals surface area contributed by atoms with Gasteiger partial charge in [0.2, 0.25) is 0 Å². The number of hydrogen-bond donors (Lipinski definition) is 3. The van der Waals surface area contributed by atoms with Gasteiger partial charge in [0.25, 0.3) is 0 Å². The number of nitrogens with zero attached hydrogens (tertiary/aromatic N) is 3. The summed E-state index contributed by atoms with van der Waals surface area (Å²) in [6.07, 6.45) is 0. The summed E-state index contributed by atoms with van der Waals surface area (Å²) in [4.78, 5) is 0. The van der Waals surface area contributed by atoms with E-state index in [9.17, 15) is 0 Å². The molecule has 3 heterocycles. The zero-order valence-electron chi connectivity index (χ0n) is 15.5. The number of aryl methyl sites for hydroxylation is 6. The Morgan fingerprint density at radius 3 is 1.00 bits per heavy atom. The van der Waals surface area contributed by atoms with Crippen molar-refractivity contribution in [1.82, 2.24) is 30.6 Å². The van der Waals surface area contributed by atoms with Crippen LogP contribution in [0.4, 0.5) is 0 Å². The third kappa shape index (κ3) is 4.73.